The maximum atomic E-state index is 6.16. The Hall–Kier alpha value is -0.0800. The third-order valence-electron chi connectivity index (χ3n) is 5.69. The Kier molecular flexibility index (Phi) is 6.15. The summed E-state index contributed by atoms with van der Waals surface area (Å²) in [5.74, 6) is 1.77. The Morgan fingerprint density at radius 2 is 1.68 bits per heavy atom. The molecule has 0 aromatic carbocycles. The number of nitrogens with two attached hydrogens (primary N) is 1. The van der Waals surface area contributed by atoms with Crippen molar-refractivity contribution in [3.63, 3.8) is 0 Å². The molecular formula is C17H34N2. The van der Waals surface area contributed by atoms with Crippen molar-refractivity contribution in [3.8, 4) is 0 Å². The van der Waals surface area contributed by atoms with E-state index in [1.165, 1.54) is 64.2 Å². The topological polar surface area (TPSA) is 29.3 Å². The van der Waals surface area contributed by atoms with Gasteiger partial charge in [-0.3, -0.25) is 4.90 Å². The predicted octanol–water partition coefficient (Wildman–Crippen LogP) is 3.79. The van der Waals surface area contributed by atoms with E-state index in [-0.39, 0.29) is 0 Å². The summed E-state index contributed by atoms with van der Waals surface area (Å²) in [7, 11) is 2.35. The molecule has 0 aromatic heterocycles. The molecular weight excluding hydrogens is 232 g/mol. The fourth-order valence-corrected chi connectivity index (χ4v) is 4.43. The highest BCUT2D eigenvalue weighted by Crippen LogP contribution is 2.32. The average Bonchev–Trinajstić information content (AvgIpc) is 2.69. The summed E-state index contributed by atoms with van der Waals surface area (Å²) in [5, 5.41) is 0. The van der Waals surface area contributed by atoms with Crippen molar-refractivity contribution < 1.29 is 0 Å². The lowest BCUT2D eigenvalue weighted by atomic mass is 9.83. The number of hydrogen-bond acceptors (Lipinski definition) is 2. The molecule has 2 fully saturated rings. The molecule has 2 rings (SSSR count). The summed E-state index contributed by atoms with van der Waals surface area (Å²) in [6.45, 7) is 3.27. The molecule has 2 nitrogen and oxygen atoms in total. The van der Waals surface area contributed by atoms with Crippen LogP contribution in [0.15, 0.2) is 0 Å². The predicted molar refractivity (Wildman–Crippen MR) is 83.2 cm³/mol. The minimum atomic E-state index is 0.633. The van der Waals surface area contributed by atoms with Crippen LogP contribution in [0.5, 0.6) is 0 Å². The molecule has 0 bridgehead atoms. The molecule has 2 aliphatic rings. The Labute approximate surface area is 120 Å². The smallest absolute Gasteiger partial charge is 0.0246 e. The van der Waals surface area contributed by atoms with E-state index in [0.29, 0.717) is 6.04 Å². The van der Waals surface area contributed by atoms with E-state index >= 15 is 0 Å². The summed E-state index contributed by atoms with van der Waals surface area (Å²) in [4.78, 5) is 2.67. The van der Waals surface area contributed by atoms with E-state index in [0.717, 1.165) is 24.4 Å². The van der Waals surface area contributed by atoms with Crippen LogP contribution >= 0.6 is 0 Å². The summed E-state index contributed by atoms with van der Waals surface area (Å²) < 4.78 is 0. The Balaban J connectivity index is 1.94. The van der Waals surface area contributed by atoms with Crippen LogP contribution in [-0.4, -0.2) is 30.6 Å². The zero-order valence-corrected chi connectivity index (χ0v) is 13.1. The van der Waals surface area contributed by atoms with Crippen LogP contribution in [0.25, 0.3) is 0 Å². The number of rotatable bonds is 4. The monoisotopic (exact) mass is 266 g/mol. The minimum absolute atomic E-state index is 0.633. The van der Waals surface area contributed by atoms with Gasteiger partial charge in [-0.15, -0.1) is 0 Å². The lowest BCUT2D eigenvalue weighted by Gasteiger charge is -2.41. The first-order valence-corrected chi connectivity index (χ1v) is 8.64. The van der Waals surface area contributed by atoms with Crippen molar-refractivity contribution in [1.82, 2.24) is 4.90 Å². The van der Waals surface area contributed by atoms with Gasteiger partial charge in [0.25, 0.3) is 0 Å². The van der Waals surface area contributed by atoms with Gasteiger partial charge in [-0.1, -0.05) is 45.4 Å². The third-order valence-corrected chi connectivity index (χ3v) is 5.69. The van der Waals surface area contributed by atoms with Gasteiger partial charge >= 0.3 is 0 Å². The minimum Gasteiger partial charge on any atom is -0.329 e. The SMILES string of the molecule is CC1CCCC(N(C)C(CN)C2CCCCCC2)C1. The lowest BCUT2D eigenvalue weighted by molar-refractivity contribution is 0.0828. The standard InChI is InChI=1S/C17H34N2/c1-14-8-7-11-16(12-14)19(2)17(13-18)15-9-5-3-4-6-10-15/h14-17H,3-13,18H2,1-2H3. The Morgan fingerprint density at radius 1 is 1.00 bits per heavy atom. The summed E-state index contributed by atoms with van der Waals surface area (Å²) >= 11 is 0. The van der Waals surface area contributed by atoms with E-state index in [1.54, 1.807) is 0 Å². The highest BCUT2D eigenvalue weighted by Gasteiger charge is 2.31. The molecule has 2 heteroatoms. The number of hydrogen-bond donors (Lipinski definition) is 1. The average molecular weight is 266 g/mol. The molecule has 19 heavy (non-hydrogen) atoms. The summed E-state index contributed by atoms with van der Waals surface area (Å²) in [6, 6.07) is 1.42. The molecule has 0 spiro atoms. The molecule has 0 heterocycles. The second-order valence-electron chi connectivity index (χ2n) is 7.15. The molecule has 3 atom stereocenters. The van der Waals surface area contributed by atoms with E-state index < -0.39 is 0 Å². The molecule has 0 saturated heterocycles. The van der Waals surface area contributed by atoms with Gasteiger partial charge < -0.3 is 5.73 Å². The normalized spacial score (nSPS) is 32.2. The van der Waals surface area contributed by atoms with Gasteiger partial charge in [0.1, 0.15) is 0 Å². The largest absolute Gasteiger partial charge is 0.329 e. The first-order valence-electron chi connectivity index (χ1n) is 8.64. The molecule has 0 aromatic rings. The van der Waals surface area contributed by atoms with Gasteiger partial charge in [0.05, 0.1) is 0 Å². The van der Waals surface area contributed by atoms with Crippen LogP contribution in [0.4, 0.5) is 0 Å². The molecule has 2 N–H and O–H groups in total. The second kappa shape index (κ2) is 7.64. The van der Waals surface area contributed by atoms with Gasteiger partial charge in [0.15, 0.2) is 0 Å². The highest BCUT2D eigenvalue weighted by atomic mass is 15.2. The molecule has 0 amide bonds. The van der Waals surface area contributed by atoms with Crippen LogP contribution in [-0.2, 0) is 0 Å². The van der Waals surface area contributed by atoms with Gasteiger partial charge in [-0.05, 0) is 44.6 Å². The van der Waals surface area contributed by atoms with Crippen molar-refractivity contribution in [2.24, 2.45) is 17.6 Å². The highest BCUT2D eigenvalue weighted by molar-refractivity contribution is 4.86. The van der Waals surface area contributed by atoms with Gasteiger partial charge in [-0.2, -0.15) is 0 Å². The van der Waals surface area contributed by atoms with Crippen LogP contribution in [0.3, 0.4) is 0 Å². The van der Waals surface area contributed by atoms with Crippen molar-refractivity contribution in [2.45, 2.75) is 83.2 Å². The van der Waals surface area contributed by atoms with Gasteiger partial charge in [-0.25, -0.2) is 0 Å². The molecule has 0 radical (unpaired) electrons. The van der Waals surface area contributed by atoms with Gasteiger partial charge in [0, 0.05) is 18.6 Å². The summed E-state index contributed by atoms with van der Waals surface area (Å²) in [6.07, 6.45) is 14.2. The van der Waals surface area contributed by atoms with Crippen molar-refractivity contribution in [1.29, 1.82) is 0 Å². The quantitative estimate of drug-likeness (QED) is 0.784. The number of nitrogens with zero attached hydrogens (tertiary/aromatic N) is 1. The molecule has 2 aliphatic carbocycles. The first kappa shape index (κ1) is 15.3. The lowest BCUT2D eigenvalue weighted by Crippen LogP contribution is -2.49. The number of likely N-dealkylation sites (N-methyl/N-ethyl adjacent to an activating group) is 1. The van der Waals surface area contributed by atoms with Crippen LogP contribution in [0, 0.1) is 11.8 Å². The first-order chi connectivity index (χ1) is 9.22. The maximum Gasteiger partial charge on any atom is 0.0246 e. The van der Waals surface area contributed by atoms with Crippen LogP contribution in [0.1, 0.15) is 71.1 Å². The Bertz CT molecular complexity index is 246. The van der Waals surface area contributed by atoms with E-state index in [1.807, 2.05) is 0 Å². The zero-order chi connectivity index (χ0) is 13.7. The zero-order valence-electron chi connectivity index (χ0n) is 13.1. The van der Waals surface area contributed by atoms with E-state index in [4.69, 9.17) is 5.73 Å². The molecule has 3 unspecified atom stereocenters. The van der Waals surface area contributed by atoms with Crippen molar-refractivity contribution >= 4 is 0 Å². The van der Waals surface area contributed by atoms with E-state index in [2.05, 4.69) is 18.9 Å². The van der Waals surface area contributed by atoms with Gasteiger partial charge in [0.2, 0.25) is 0 Å². The maximum absolute atomic E-state index is 6.16. The summed E-state index contributed by atoms with van der Waals surface area (Å²) in [5.41, 5.74) is 6.16. The van der Waals surface area contributed by atoms with Crippen molar-refractivity contribution in [3.05, 3.63) is 0 Å². The molecule has 0 aliphatic heterocycles. The molecule has 112 valence electrons. The van der Waals surface area contributed by atoms with Crippen LogP contribution < -0.4 is 5.73 Å². The fourth-order valence-electron chi connectivity index (χ4n) is 4.43. The third kappa shape index (κ3) is 4.19. The van der Waals surface area contributed by atoms with E-state index in [9.17, 15) is 0 Å². The second-order valence-corrected chi connectivity index (χ2v) is 7.15. The molecule has 2 saturated carbocycles. The Morgan fingerprint density at radius 3 is 2.26 bits per heavy atom. The van der Waals surface area contributed by atoms with Crippen molar-refractivity contribution in [2.75, 3.05) is 13.6 Å². The fraction of sp³-hybridized carbons (Fsp3) is 1.00. The van der Waals surface area contributed by atoms with Crippen LogP contribution in [0.2, 0.25) is 0 Å².